The quantitative estimate of drug-likeness (QED) is 0.852. The van der Waals surface area contributed by atoms with Gasteiger partial charge in [-0.3, -0.25) is 4.79 Å². The molecule has 0 unspecified atom stereocenters. The second-order valence-electron chi connectivity index (χ2n) is 4.35. The summed E-state index contributed by atoms with van der Waals surface area (Å²) in [6, 6.07) is 5.58. The van der Waals surface area contributed by atoms with Gasteiger partial charge in [-0.25, -0.2) is 4.98 Å². The summed E-state index contributed by atoms with van der Waals surface area (Å²) in [6.07, 6.45) is 3.41. The maximum absolute atomic E-state index is 12.2. The first kappa shape index (κ1) is 14.1. The number of anilines is 1. The molecule has 0 aliphatic rings. The van der Waals surface area contributed by atoms with Crippen LogP contribution in [0.2, 0.25) is 5.15 Å². The molecule has 0 radical (unpaired) electrons. The summed E-state index contributed by atoms with van der Waals surface area (Å²) < 4.78 is 2.56. The van der Waals surface area contributed by atoms with Crippen LogP contribution in [0.5, 0.6) is 0 Å². The Bertz CT molecular complexity index is 610. The summed E-state index contributed by atoms with van der Waals surface area (Å²) >= 11 is 9.08. The smallest absolute Gasteiger partial charge is 0.272 e. The molecule has 0 atom stereocenters. The fourth-order valence-corrected chi connectivity index (χ4v) is 2.17. The highest BCUT2D eigenvalue weighted by molar-refractivity contribution is 9.10. The van der Waals surface area contributed by atoms with Gasteiger partial charge in [-0.15, -0.1) is 0 Å². The highest BCUT2D eigenvalue weighted by Crippen LogP contribution is 2.23. The Labute approximate surface area is 124 Å². The van der Waals surface area contributed by atoms with Crippen LogP contribution in [0.4, 0.5) is 5.69 Å². The molecule has 0 aliphatic heterocycles. The van der Waals surface area contributed by atoms with Gasteiger partial charge < -0.3 is 9.88 Å². The number of rotatable bonds is 3. The standard InChI is InChI=1S/C13H13BrClN3O/c1-8(2)18-5-3-4-11(18)13(19)17-9-6-10(14)12(15)16-7-9/h3-8H,1-2H3,(H,17,19). The average Bonchev–Trinajstić information content (AvgIpc) is 2.83. The van der Waals surface area contributed by atoms with Crippen LogP contribution in [-0.2, 0) is 0 Å². The molecule has 1 N–H and O–H groups in total. The van der Waals surface area contributed by atoms with Crippen molar-refractivity contribution < 1.29 is 4.79 Å². The number of hydrogen-bond acceptors (Lipinski definition) is 2. The predicted molar refractivity (Wildman–Crippen MR) is 79.7 cm³/mol. The van der Waals surface area contributed by atoms with Crippen molar-refractivity contribution >= 4 is 39.1 Å². The molecule has 2 aromatic rings. The van der Waals surface area contributed by atoms with Gasteiger partial charge in [0.05, 0.1) is 16.4 Å². The van der Waals surface area contributed by atoms with Crippen LogP contribution >= 0.6 is 27.5 Å². The van der Waals surface area contributed by atoms with E-state index in [1.165, 1.54) is 6.20 Å². The number of hydrogen-bond donors (Lipinski definition) is 1. The van der Waals surface area contributed by atoms with Crippen LogP contribution in [0, 0.1) is 0 Å². The number of carbonyl (C=O) groups is 1. The third-order valence-corrected chi connectivity index (χ3v) is 3.76. The number of amides is 1. The molecule has 19 heavy (non-hydrogen) atoms. The minimum absolute atomic E-state index is 0.172. The number of pyridine rings is 1. The lowest BCUT2D eigenvalue weighted by Gasteiger charge is -2.12. The third kappa shape index (κ3) is 3.16. The number of aromatic nitrogens is 2. The fraction of sp³-hybridized carbons (Fsp3) is 0.231. The molecule has 0 aromatic carbocycles. The maximum atomic E-state index is 12.2. The maximum Gasteiger partial charge on any atom is 0.272 e. The summed E-state index contributed by atoms with van der Waals surface area (Å²) in [5, 5.41) is 3.16. The van der Waals surface area contributed by atoms with Gasteiger partial charge in [0.15, 0.2) is 0 Å². The first-order chi connectivity index (χ1) is 8.99. The Kier molecular flexibility index (Phi) is 4.27. The van der Waals surface area contributed by atoms with Crippen LogP contribution in [-0.4, -0.2) is 15.5 Å². The molecular formula is C13H13BrClN3O. The lowest BCUT2D eigenvalue weighted by molar-refractivity contribution is 0.101. The van der Waals surface area contributed by atoms with Crippen LogP contribution in [0.1, 0.15) is 30.4 Å². The number of halogens is 2. The van der Waals surface area contributed by atoms with Gasteiger partial charge >= 0.3 is 0 Å². The number of nitrogens with one attached hydrogen (secondary N) is 1. The lowest BCUT2D eigenvalue weighted by atomic mass is 10.3. The zero-order chi connectivity index (χ0) is 14.0. The molecule has 6 heteroatoms. The second kappa shape index (κ2) is 5.75. The van der Waals surface area contributed by atoms with Crippen LogP contribution in [0.15, 0.2) is 35.1 Å². The summed E-state index contributed by atoms with van der Waals surface area (Å²) in [6.45, 7) is 4.05. The van der Waals surface area contributed by atoms with E-state index >= 15 is 0 Å². The first-order valence-electron chi connectivity index (χ1n) is 5.78. The molecule has 0 saturated carbocycles. The van der Waals surface area contributed by atoms with E-state index in [1.807, 2.05) is 30.7 Å². The fourth-order valence-electron chi connectivity index (χ4n) is 1.72. The Morgan fingerprint density at radius 2 is 2.26 bits per heavy atom. The molecule has 0 saturated heterocycles. The molecule has 0 spiro atoms. The SMILES string of the molecule is CC(C)n1cccc1C(=O)Nc1cnc(Cl)c(Br)c1. The van der Waals surface area contributed by atoms with E-state index in [1.54, 1.807) is 12.1 Å². The zero-order valence-corrected chi connectivity index (χ0v) is 12.9. The molecule has 4 nitrogen and oxygen atoms in total. The monoisotopic (exact) mass is 341 g/mol. The van der Waals surface area contributed by atoms with Gasteiger partial charge in [-0.05, 0) is 48.0 Å². The zero-order valence-electron chi connectivity index (χ0n) is 10.5. The highest BCUT2D eigenvalue weighted by Gasteiger charge is 2.13. The highest BCUT2D eigenvalue weighted by atomic mass is 79.9. The Morgan fingerprint density at radius 3 is 2.89 bits per heavy atom. The van der Waals surface area contributed by atoms with Crippen molar-refractivity contribution in [3.05, 3.63) is 45.9 Å². The van der Waals surface area contributed by atoms with E-state index in [0.29, 0.717) is 21.0 Å². The largest absolute Gasteiger partial charge is 0.341 e. The van der Waals surface area contributed by atoms with Gasteiger partial charge in [0.2, 0.25) is 0 Å². The summed E-state index contributed by atoms with van der Waals surface area (Å²) in [5.74, 6) is -0.172. The second-order valence-corrected chi connectivity index (χ2v) is 5.56. The molecule has 1 amide bonds. The van der Waals surface area contributed by atoms with Crippen molar-refractivity contribution in [2.75, 3.05) is 5.32 Å². The lowest BCUT2D eigenvalue weighted by Crippen LogP contribution is -2.17. The van der Waals surface area contributed by atoms with Gasteiger partial charge in [0, 0.05) is 12.2 Å². The van der Waals surface area contributed by atoms with Crippen LogP contribution in [0.25, 0.3) is 0 Å². The van der Waals surface area contributed by atoms with Crippen molar-refractivity contribution in [2.24, 2.45) is 0 Å². The minimum Gasteiger partial charge on any atom is -0.341 e. The van der Waals surface area contributed by atoms with Gasteiger partial charge in [-0.1, -0.05) is 11.6 Å². The van der Waals surface area contributed by atoms with Crippen LogP contribution in [0.3, 0.4) is 0 Å². The van der Waals surface area contributed by atoms with Crippen LogP contribution < -0.4 is 5.32 Å². The van der Waals surface area contributed by atoms with Crippen molar-refractivity contribution in [1.82, 2.24) is 9.55 Å². The van der Waals surface area contributed by atoms with Crippen molar-refractivity contribution in [3.8, 4) is 0 Å². The van der Waals surface area contributed by atoms with Gasteiger partial charge in [0.1, 0.15) is 10.8 Å². The molecule has 2 aromatic heterocycles. The topological polar surface area (TPSA) is 46.9 Å². The van der Waals surface area contributed by atoms with Gasteiger partial charge in [0.25, 0.3) is 5.91 Å². The Morgan fingerprint density at radius 1 is 1.53 bits per heavy atom. The van der Waals surface area contributed by atoms with Crippen molar-refractivity contribution in [3.63, 3.8) is 0 Å². The molecule has 2 heterocycles. The number of nitrogens with zero attached hydrogens (tertiary/aromatic N) is 2. The third-order valence-electron chi connectivity index (χ3n) is 2.62. The molecule has 2 rings (SSSR count). The molecule has 100 valence electrons. The Balaban J connectivity index is 2.21. The normalized spacial score (nSPS) is 10.8. The molecule has 0 bridgehead atoms. The summed E-state index contributed by atoms with van der Waals surface area (Å²) in [7, 11) is 0. The van der Waals surface area contributed by atoms with E-state index in [9.17, 15) is 4.79 Å². The van der Waals surface area contributed by atoms with E-state index in [2.05, 4.69) is 26.2 Å². The summed E-state index contributed by atoms with van der Waals surface area (Å²) in [5.41, 5.74) is 1.21. The van der Waals surface area contributed by atoms with E-state index < -0.39 is 0 Å². The molecule has 0 fully saturated rings. The average molecular weight is 343 g/mol. The van der Waals surface area contributed by atoms with Crippen molar-refractivity contribution in [2.45, 2.75) is 19.9 Å². The minimum atomic E-state index is -0.172. The van der Waals surface area contributed by atoms with Crippen molar-refractivity contribution in [1.29, 1.82) is 0 Å². The number of carbonyl (C=O) groups excluding carboxylic acids is 1. The van der Waals surface area contributed by atoms with E-state index in [0.717, 1.165) is 0 Å². The predicted octanol–water partition coefficient (Wildman–Crippen LogP) is 4.13. The molecule has 0 aliphatic carbocycles. The Hall–Kier alpha value is -1.33. The first-order valence-corrected chi connectivity index (χ1v) is 6.95. The van der Waals surface area contributed by atoms with E-state index in [4.69, 9.17) is 11.6 Å². The summed E-state index contributed by atoms with van der Waals surface area (Å²) in [4.78, 5) is 16.2. The van der Waals surface area contributed by atoms with E-state index in [-0.39, 0.29) is 11.9 Å². The van der Waals surface area contributed by atoms with Gasteiger partial charge in [-0.2, -0.15) is 0 Å². The molecular weight excluding hydrogens is 330 g/mol.